The first-order valence-corrected chi connectivity index (χ1v) is 11.7. The maximum Gasteiger partial charge on any atom is 0.306 e. The summed E-state index contributed by atoms with van der Waals surface area (Å²) in [5.74, 6) is -1.53. The topological polar surface area (TPSA) is 63.6 Å². The maximum atomic E-state index is 17.1. The van der Waals surface area contributed by atoms with Crippen LogP contribution >= 0.6 is 0 Å². The summed E-state index contributed by atoms with van der Waals surface area (Å²) < 4.78 is 38.4. The van der Waals surface area contributed by atoms with Gasteiger partial charge >= 0.3 is 5.97 Å². The number of carbonyl (C=O) groups excluding carboxylic acids is 2. The van der Waals surface area contributed by atoms with E-state index >= 15 is 8.78 Å². The van der Waals surface area contributed by atoms with Gasteiger partial charge in [-0.1, -0.05) is 26.8 Å². The predicted molar refractivity (Wildman–Crippen MR) is 113 cm³/mol. The summed E-state index contributed by atoms with van der Waals surface area (Å²) in [4.78, 5) is 24.3. The van der Waals surface area contributed by atoms with Gasteiger partial charge in [0.05, 0.1) is 6.10 Å². The fourth-order valence-corrected chi connectivity index (χ4v) is 7.54. The molecule has 0 aliphatic heterocycles. The minimum absolute atomic E-state index is 0.00610. The highest BCUT2D eigenvalue weighted by Gasteiger charge is 2.73. The largest absolute Gasteiger partial charge is 0.461 e. The summed E-state index contributed by atoms with van der Waals surface area (Å²) in [5.41, 5.74) is -3.89. The Hall–Kier alpha value is -1.56. The molecule has 0 spiro atoms. The molecule has 0 aromatic carbocycles. The van der Waals surface area contributed by atoms with Crippen molar-refractivity contribution in [2.75, 3.05) is 0 Å². The molecule has 0 bridgehead atoms. The van der Waals surface area contributed by atoms with E-state index < -0.39 is 40.8 Å². The second-order valence-electron chi connectivity index (χ2n) is 10.4. The van der Waals surface area contributed by atoms with Crippen molar-refractivity contribution in [1.82, 2.24) is 0 Å². The summed E-state index contributed by atoms with van der Waals surface area (Å²) in [7, 11) is 0. The number of carbonyl (C=O) groups is 2. The molecule has 0 radical (unpaired) electrons. The number of alkyl halides is 2. The molecule has 0 unspecified atom stereocenters. The highest BCUT2D eigenvalue weighted by atomic mass is 19.1. The molecule has 4 rings (SSSR count). The van der Waals surface area contributed by atoms with Crippen molar-refractivity contribution < 1.29 is 28.2 Å². The van der Waals surface area contributed by atoms with Gasteiger partial charge in [-0.15, -0.1) is 0 Å². The van der Waals surface area contributed by atoms with Crippen LogP contribution in [0.5, 0.6) is 0 Å². The van der Waals surface area contributed by atoms with Crippen LogP contribution in [0.15, 0.2) is 23.8 Å². The van der Waals surface area contributed by atoms with Crippen LogP contribution in [-0.2, 0) is 14.3 Å². The summed E-state index contributed by atoms with van der Waals surface area (Å²) >= 11 is 0. The third kappa shape index (κ3) is 2.93. The number of aliphatic hydroxyl groups excluding tert-OH is 1. The van der Waals surface area contributed by atoms with Crippen LogP contribution in [0, 0.1) is 28.6 Å². The van der Waals surface area contributed by atoms with Crippen molar-refractivity contribution >= 4 is 11.8 Å². The molecule has 9 atom stereocenters. The van der Waals surface area contributed by atoms with Crippen molar-refractivity contribution in [3.05, 3.63) is 23.8 Å². The van der Waals surface area contributed by atoms with Gasteiger partial charge < -0.3 is 9.84 Å². The van der Waals surface area contributed by atoms with Gasteiger partial charge in [0.25, 0.3) is 0 Å². The summed E-state index contributed by atoms with van der Waals surface area (Å²) in [5, 5.41) is 11.3. The fourth-order valence-electron chi connectivity index (χ4n) is 7.54. The van der Waals surface area contributed by atoms with E-state index in [1.165, 1.54) is 18.2 Å². The van der Waals surface area contributed by atoms with Crippen molar-refractivity contribution in [3.8, 4) is 0 Å². The third-order valence-corrected chi connectivity index (χ3v) is 8.97. The number of hydrogen-bond donors (Lipinski definition) is 1. The Bertz CT molecular complexity index is 837. The lowest BCUT2D eigenvalue weighted by Gasteiger charge is -2.62. The van der Waals surface area contributed by atoms with Gasteiger partial charge in [-0.25, -0.2) is 8.78 Å². The van der Waals surface area contributed by atoms with E-state index in [1.54, 1.807) is 6.92 Å². The molecular formula is C25H34F2O4. The SMILES string of the molecule is CCCC(=O)O[C@H]1[C@@H](C)C[C@H]2[C@@H]3C[C@H](F)C4=CC(=O)C=C[C@]4(C)[C@@]3(F)[C@@H](O)C[C@@]21CC. The molecule has 3 saturated carbocycles. The summed E-state index contributed by atoms with van der Waals surface area (Å²) in [6, 6.07) is 0. The van der Waals surface area contributed by atoms with Gasteiger partial charge in [-0.3, -0.25) is 9.59 Å². The molecule has 0 heterocycles. The van der Waals surface area contributed by atoms with Gasteiger partial charge in [0.15, 0.2) is 11.5 Å². The Kier molecular flexibility index (Phi) is 5.47. The van der Waals surface area contributed by atoms with Crippen LogP contribution in [-0.4, -0.2) is 40.9 Å². The van der Waals surface area contributed by atoms with Crippen LogP contribution in [0.2, 0.25) is 0 Å². The number of aliphatic hydroxyl groups is 1. The quantitative estimate of drug-likeness (QED) is 0.652. The Morgan fingerprint density at radius 2 is 2.00 bits per heavy atom. The van der Waals surface area contributed by atoms with Gasteiger partial charge in [0.2, 0.25) is 0 Å². The van der Waals surface area contributed by atoms with E-state index in [1.807, 2.05) is 20.8 Å². The highest BCUT2D eigenvalue weighted by molar-refractivity contribution is 6.01. The van der Waals surface area contributed by atoms with Gasteiger partial charge in [0.1, 0.15) is 12.3 Å². The molecule has 0 aromatic heterocycles. The van der Waals surface area contributed by atoms with E-state index in [9.17, 15) is 14.7 Å². The van der Waals surface area contributed by atoms with Crippen molar-refractivity contribution in [2.45, 2.75) is 90.3 Å². The zero-order valence-corrected chi connectivity index (χ0v) is 18.9. The van der Waals surface area contributed by atoms with Crippen LogP contribution in [0.1, 0.15) is 66.2 Å². The van der Waals surface area contributed by atoms with E-state index in [4.69, 9.17) is 4.74 Å². The zero-order chi connectivity index (χ0) is 22.8. The Balaban J connectivity index is 1.78. The normalized spacial score (nSPS) is 48.5. The first kappa shape index (κ1) is 22.6. The predicted octanol–water partition coefficient (Wildman–Crippen LogP) is 4.65. The van der Waals surface area contributed by atoms with E-state index in [2.05, 4.69) is 0 Å². The number of esters is 1. The van der Waals surface area contributed by atoms with Crippen LogP contribution in [0.25, 0.3) is 0 Å². The maximum absolute atomic E-state index is 17.1. The molecule has 6 heteroatoms. The molecule has 172 valence electrons. The Labute approximate surface area is 183 Å². The fraction of sp³-hybridized carbons (Fsp3) is 0.760. The number of hydrogen-bond acceptors (Lipinski definition) is 4. The van der Waals surface area contributed by atoms with E-state index in [-0.39, 0.29) is 42.0 Å². The van der Waals surface area contributed by atoms with Gasteiger partial charge in [0, 0.05) is 23.2 Å². The standard InChI is InChI=1S/C25H34F2O4/c1-5-7-21(30)31-22-14(3)10-16-17-12-19(26)18-11-15(28)8-9-23(18,4)25(17,27)20(29)13-24(16,22)6-2/h8-9,11,14,16-17,19-20,22,29H,5-7,10,12-13H2,1-4H3/t14-,16-,17-,19-,20-,22-,23-,24-,25-/m0/s1. The van der Waals surface area contributed by atoms with Crippen LogP contribution in [0.3, 0.4) is 0 Å². The molecule has 4 aliphatic rings. The zero-order valence-electron chi connectivity index (χ0n) is 18.9. The molecule has 4 nitrogen and oxygen atoms in total. The average Bonchev–Trinajstić information content (AvgIpc) is 2.98. The third-order valence-electron chi connectivity index (χ3n) is 8.97. The van der Waals surface area contributed by atoms with Crippen molar-refractivity contribution in [1.29, 1.82) is 0 Å². The molecule has 1 N–H and O–H groups in total. The number of ether oxygens (including phenoxy) is 1. The lowest BCUT2D eigenvalue weighted by atomic mass is 9.45. The molecule has 3 fully saturated rings. The number of allylic oxidation sites excluding steroid dienone is 4. The monoisotopic (exact) mass is 436 g/mol. The van der Waals surface area contributed by atoms with Gasteiger partial charge in [-0.05, 0) is 68.6 Å². The minimum atomic E-state index is -2.08. The van der Waals surface area contributed by atoms with Gasteiger partial charge in [-0.2, -0.15) is 0 Å². The van der Waals surface area contributed by atoms with Crippen LogP contribution in [0.4, 0.5) is 8.78 Å². The lowest BCUT2D eigenvalue weighted by Crippen LogP contribution is -2.69. The lowest BCUT2D eigenvalue weighted by molar-refractivity contribution is -0.217. The first-order valence-electron chi connectivity index (χ1n) is 11.7. The Morgan fingerprint density at radius 1 is 1.29 bits per heavy atom. The highest BCUT2D eigenvalue weighted by Crippen LogP contribution is 2.69. The number of fused-ring (bicyclic) bond motifs is 5. The van der Waals surface area contributed by atoms with E-state index in [0.717, 1.165) is 0 Å². The number of rotatable bonds is 4. The number of halogens is 2. The molecule has 4 aliphatic carbocycles. The molecule has 0 aromatic rings. The minimum Gasteiger partial charge on any atom is -0.461 e. The number of ketones is 1. The molecule has 0 amide bonds. The van der Waals surface area contributed by atoms with Crippen LogP contribution < -0.4 is 0 Å². The second kappa shape index (κ2) is 7.50. The molecule has 31 heavy (non-hydrogen) atoms. The first-order chi connectivity index (χ1) is 14.5. The Morgan fingerprint density at radius 3 is 2.65 bits per heavy atom. The molecular weight excluding hydrogens is 402 g/mol. The van der Waals surface area contributed by atoms with E-state index in [0.29, 0.717) is 25.7 Å². The molecule has 0 saturated heterocycles. The second-order valence-corrected chi connectivity index (χ2v) is 10.4. The average molecular weight is 437 g/mol. The smallest absolute Gasteiger partial charge is 0.306 e. The van der Waals surface area contributed by atoms with Crippen molar-refractivity contribution in [2.24, 2.45) is 28.6 Å². The van der Waals surface area contributed by atoms with Crippen molar-refractivity contribution in [3.63, 3.8) is 0 Å². The summed E-state index contributed by atoms with van der Waals surface area (Å²) in [6.07, 6.45) is 3.14. The summed E-state index contributed by atoms with van der Waals surface area (Å²) in [6.45, 7) is 7.52.